The van der Waals surface area contributed by atoms with E-state index in [-0.39, 0.29) is 11.7 Å². The molecule has 1 aromatic rings. The van der Waals surface area contributed by atoms with Gasteiger partial charge in [0.05, 0.1) is 13.2 Å². The highest BCUT2D eigenvalue weighted by atomic mass is 16.5. The van der Waals surface area contributed by atoms with E-state index in [9.17, 15) is 9.90 Å². The molecule has 0 heterocycles. The predicted molar refractivity (Wildman–Crippen MR) is 72.0 cm³/mol. The maximum Gasteiger partial charge on any atom is 0.168 e. The zero-order chi connectivity index (χ0) is 13.5. The first-order valence-corrected chi connectivity index (χ1v) is 6.50. The van der Waals surface area contributed by atoms with E-state index >= 15 is 0 Å². The number of rotatable bonds is 7. The van der Waals surface area contributed by atoms with Gasteiger partial charge in [0.2, 0.25) is 0 Å². The molecule has 0 saturated carbocycles. The van der Waals surface area contributed by atoms with Crippen molar-refractivity contribution in [3.63, 3.8) is 0 Å². The van der Waals surface area contributed by atoms with Crippen LogP contribution in [0.1, 0.15) is 43.5 Å². The van der Waals surface area contributed by atoms with Crippen molar-refractivity contribution in [1.29, 1.82) is 0 Å². The first-order chi connectivity index (χ1) is 8.63. The van der Waals surface area contributed by atoms with Crippen LogP contribution in [0.4, 0.5) is 0 Å². The van der Waals surface area contributed by atoms with E-state index in [1.54, 1.807) is 31.4 Å². The molecule has 0 fully saturated rings. The van der Waals surface area contributed by atoms with Gasteiger partial charge in [-0.25, -0.2) is 0 Å². The van der Waals surface area contributed by atoms with Crippen LogP contribution in [-0.2, 0) is 0 Å². The number of aliphatic hydroxyl groups is 1. The van der Waals surface area contributed by atoms with Crippen LogP contribution in [0.3, 0.4) is 0 Å². The van der Waals surface area contributed by atoms with E-state index < -0.39 is 6.10 Å². The van der Waals surface area contributed by atoms with Gasteiger partial charge < -0.3 is 9.84 Å². The molecule has 0 aliphatic heterocycles. The van der Waals surface area contributed by atoms with E-state index in [4.69, 9.17) is 4.74 Å². The van der Waals surface area contributed by atoms with Gasteiger partial charge in [-0.15, -0.1) is 0 Å². The monoisotopic (exact) mass is 250 g/mol. The molecule has 3 nitrogen and oxygen atoms in total. The fourth-order valence-corrected chi connectivity index (χ4v) is 2.06. The van der Waals surface area contributed by atoms with Crippen molar-refractivity contribution >= 4 is 5.78 Å². The third kappa shape index (κ3) is 3.57. The molecule has 0 aromatic heterocycles. The van der Waals surface area contributed by atoms with Crippen LogP contribution in [-0.4, -0.2) is 24.1 Å². The summed E-state index contributed by atoms with van der Waals surface area (Å²) in [6.45, 7) is 3.92. The Balaban J connectivity index is 2.87. The molecule has 2 atom stereocenters. The summed E-state index contributed by atoms with van der Waals surface area (Å²) in [4.78, 5) is 12.3. The highest BCUT2D eigenvalue weighted by molar-refractivity contribution is 5.98. The Morgan fingerprint density at radius 3 is 2.33 bits per heavy atom. The number of hydrogen-bond donors (Lipinski definition) is 1. The summed E-state index contributed by atoms with van der Waals surface area (Å²) < 4.78 is 5.06. The minimum Gasteiger partial charge on any atom is -0.497 e. The van der Waals surface area contributed by atoms with E-state index in [0.717, 1.165) is 18.6 Å². The smallest absolute Gasteiger partial charge is 0.168 e. The number of ketones is 1. The number of aliphatic hydroxyl groups excluding tert-OH is 1. The highest BCUT2D eigenvalue weighted by Crippen LogP contribution is 2.21. The van der Waals surface area contributed by atoms with Crippen LogP contribution in [0, 0.1) is 5.92 Å². The second kappa shape index (κ2) is 7.17. The van der Waals surface area contributed by atoms with E-state index in [2.05, 4.69) is 0 Å². The van der Waals surface area contributed by atoms with Crippen LogP contribution in [0.15, 0.2) is 24.3 Å². The van der Waals surface area contributed by atoms with E-state index in [1.807, 2.05) is 13.8 Å². The van der Waals surface area contributed by atoms with Gasteiger partial charge in [-0.2, -0.15) is 0 Å². The molecule has 0 radical (unpaired) electrons. The molecule has 2 unspecified atom stereocenters. The molecule has 0 spiro atoms. The number of methoxy groups -OCH3 is 1. The Morgan fingerprint density at radius 2 is 1.89 bits per heavy atom. The summed E-state index contributed by atoms with van der Waals surface area (Å²) >= 11 is 0. The summed E-state index contributed by atoms with van der Waals surface area (Å²) in [6, 6.07) is 7.06. The van der Waals surface area contributed by atoms with Gasteiger partial charge in [-0.1, -0.05) is 20.3 Å². The minimum atomic E-state index is -0.556. The molecule has 1 rings (SSSR count). The van der Waals surface area contributed by atoms with Gasteiger partial charge in [-0.3, -0.25) is 4.79 Å². The molecule has 18 heavy (non-hydrogen) atoms. The van der Waals surface area contributed by atoms with Gasteiger partial charge >= 0.3 is 0 Å². The van der Waals surface area contributed by atoms with Crippen LogP contribution < -0.4 is 4.74 Å². The summed E-state index contributed by atoms with van der Waals surface area (Å²) in [7, 11) is 1.59. The Labute approximate surface area is 109 Å². The molecule has 0 bridgehead atoms. The lowest BCUT2D eigenvalue weighted by atomic mass is 9.87. The Bertz CT molecular complexity index is 370. The number of ether oxygens (including phenoxy) is 1. The summed E-state index contributed by atoms with van der Waals surface area (Å²) in [5.41, 5.74) is 0.641. The fourth-order valence-electron chi connectivity index (χ4n) is 2.06. The van der Waals surface area contributed by atoms with Crippen molar-refractivity contribution < 1.29 is 14.6 Å². The molecule has 1 N–H and O–H groups in total. The molecular weight excluding hydrogens is 228 g/mol. The average molecular weight is 250 g/mol. The molecule has 0 amide bonds. The summed E-state index contributed by atoms with van der Waals surface area (Å²) in [6.07, 6.45) is 1.66. The van der Waals surface area contributed by atoms with Crippen LogP contribution in [0.25, 0.3) is 0 Å². The second-order valence-electron chi connectivity index (χ2n) is 4.46. The number of carbonyl (C=O) groups excluding carboxylic acids is 1. The molecular formula is C15H22O3. The van der Waals surface area contributed by atoms with Crippen molar-refractivity contribution in [1.82, 2.24) is 0 Å². The topological polar surface area (TPSA) is 46.5 Å². The quantitative estimate of drug-likeness (QED) is 0.756. The lowest BCUT2D eigenvalue weighted by Gasteiger charge is -2.20. The third-order valence-electron chi connectivity index (χ3n) is 3.19. The number of Topliss-reactive ketones (excluding diaryl/α,β-unsaturated/α-hetero) is 1. The predicted octanol–water partition coefficient (Wildman–Crippen LogP) is 3.07. The van der Waals surface area contributed by atoms with Crippen LogP contribution in [0.2, 0.25) is 0 Å². The SMILES string of the molecule is CCCC(C(=O)c1ccc(OC)cc1)C(O)CC. The van der Waals surface area contributed by atoms with Crippen molar-refractivity contribution in [3.05, 3.63) is 29.8 Å². The van der Waals surface area contributed by atoms with E-state index in [0.29, 0.717) is 12.0 Å². The van der Waals surface area contributed by atoms with Gasteiger partial charge in [0.15, 0.2) is 5.78 Å². The Kier molecular flexibility index (Phi) is 5.86. The van der Waals surface area contributed by atoms with Crippen molar-refractivity contribution in [2.24, 2.45) is 5.92 Å². The Morgan fingerprint density at radius 1 is 1.28 bits per heavy atom. The zero-order valence-electron chi connectivity index (χ0n) is 11.3. The third-order valence-corrected chi connectivity index (χ3v) is 3.19. The van der Waals surface area contributed by atoms with Gasteiger partial charge in [0.1, 0.15) is 5.75 Å². The van der Waals surface area contributed by atoms with Crippen molar-refractivity contribution in [3.8, 4) is 5.75 Å². The highest BCUT2D eigenvalue weighted by Gasteiger charge is 2.25. The maximum absolute atomic E-state index is 12.3. The standard InChI is InChI=1S/C15H22O3/c1-4-6-13(14(16)5-2)15(17)11-7-9-12(18-3)10-8-11/h7-10,13-14,16H,4-6H2,1-3H3. The second-order valence-corrected chi connectivity index (χ2v) is 4.46. The minimum absolute atomic E-state index is 0.0221. The molecule has 0 aliphatic rings. The largest absolute Gasteiger partial charge is 0.497 e. The normalized spacial score (nSPS) is 14.0. The van der Waals surface area contributed by atoms with Gasteiger partial charge in [0, 0.05) is 11.5 Å². The molecule has 1 aromatic carbocycles. The average Bonchev–Trinajstić information content (AvgIpc) is 2.43. The van der Waals surface area contributed by atoms with E-state index in [1.165, 1.54) is 0 Å². The first kappa shape index (κ1) is 14.7. The van der Waals surface area contributed by atoms with Gasteiger partial charge in [-0.05, 0) is 37.1 Å². The summed E-state index contributed by atoms with van der Waals surface area (Å²) in [5.74, 6) is 0.455. The lowest BCUT2D eigenvalue weighted by molar-refractivity contribution is 0.0645. The number of carbonyl (C=O) groups is 1. The number of benzene rings is 1. The Hall–Kier alpha value is -1.35. The molecule has 3 heteroatoms. The zero-order valence-corrected chi connectivity index (χ0v) is 11.3. The fraction of sp³-hybridized carbons (Fsp3) is 0.533. The maximum atomic E-state index is 12.3. The summed E-state index contributed by atoms with van der Waals surface area (Å²) in [5, 5.41) is 9.94. The van der Waals surface area contributed by atoms with Crippen LogP contribution >= 0.6 is 0 Å². The van der Waals surface area contributed by atoms with Crippen molar-refractivity contribution in [2.45, 2.75) is 39.2 Å². The van der Waals surface area contributed by atoms with Gasteiger partial charge in [0.25, 0.3) is 0 Å². The molecule has 0 saturated heterocycles. The molecule has 0 aliphatic carbocycles. The lowest BCUT2D eigenvalue weighted by Crippen LogP contribution is -2.27. The number of hydrogen-bond acceptors (Lipinski definition) is 3. The first-order valence-electron chi connectivity index (χ1n) is 6.50. The molecule has 100 valence electrons. The van der Waals surface area contributed by atoms with Crippen molar-refractivity contribution in [2.75, 3.05) is 7.11 Å². The van der Waals surface area contributed by atoms with Crippen LogP contribution in [0.5, 0.6) is 5.75 Å².